The highest BCUT2D eigenvalue weighted by atomic mass is 32.2. The molecule has 1 atom stereocenters. The standard InChI is InChI=1S/C19H26N6O3S/c1-13-9-10-14(25-29(27,28)15-6-3-2-4-7-15)12-17(13)24-18(26)16(20)8-5-11-23-19(21)22/h2-4,6-7,9-10,12,16,25H,5,8,11,20H2,1H3,(H,24,26)(H4,21,22,23). The van der Waals surface area contributed by atoms with Crippen LogP contribution in [-0.2, 0) is 14.8 Å². The van der Waals surface area contributed by atoms with E-state index in [1.807, 2.05) is 0 Å². The number of carbonyl (C=O) groups is 1. The van der Waals surface area contributed by atoms with Crippen molar-refractivity contribution in [2.24, 2.45) is 22.2 Å². The number of hydrogen-bond acceptors (Lipinski definition) is 5. The summed E-state index contributed by atoms with van der Waals surface area (Å²) in [6, 6.07) is 12.2. The van der Waals surface area contributed by atoms with E-state index in [1.54, 1.807) is 43.3 Å². The maximum atomic E-state index is 12.5. The fraction of sp³-hybridized carbons (Fsp3) is 0.263. The van der Waals surface area contributed by atoms with E-state index in [-0.39, 0.29) is 16.8 Å². The summed E-state index contributed by atoms with van der Waals surface area (Å²) in [7, 11) is -3.73. The highest BCUT2D eigenvalue weighted by molar-refractivity contribution is 7.92. The van der Waals surface area contributed by atoms with Crippen molar-refractivity contribution in [2.75, 3.05) is 16.6 Å². The highest BCUT2D eigenvalue weighted by Crippen LogP contribution is 2.23. The zero-order valence-corrected chi connectivity index (χ0v) is 16.9. The summed E-state index contributed by atoms with van der Waals surface area (Å²) in [5.74, 6) is -0.380. The van der Waals surface area contributed by atoms with Crippen LogP contribution >= 0.6 is 0 Å². The van der Waals surface area contributed by atoms with Crippen molar-refractivity contribution in [3.8, 4) is 0 Å². The average Bonchev–Trinajstić information content (AvgIpc) is 2.68. The van der Waals surface area contributed by atoms with E-state index in [0.29, 0.717) is 30.8 Å². The predicted molar refractivity (Wildman–Crippen MR) is 115 cm³/mol. The van der Waals surface area contributed by atoms with Crippen molar-refractivity contribution in [1.29, 1.82) is 0 Å². The Morgan fingerprint density at radius 1 is 1.14 bits per heavy atom. The molecule has 1 unspecified atom stereocenters. The Morgan fingerprint density at radius 3 is 2.48 bits per heavy atom. The van der Waals surface area contributed by atoms with Gasteiger partial charge in [0.15, 0.2) is 5.96 Å². The lowest BCUT2D eigenvalue weighted by Gasteiger charge is -2.15. The van der Waals surface area contributed by atoms with Crippen LogP contribution in [0.5, 0.6) is 0 Å². The van der Waals surface area contributed by atoms with Crippen LogP contribution in [0.1, 0.15) is 18.4 Å². The number of nitrogens with one attached hydrogen (secondary N) is 2. The molecule has 0 saturated heterocycles. The lowest BCUT2D eigenvalue weighted by atomic mass is 10.1. The summed E-state index contributed by atoms with van der Waals surface area (Å²) < 4.78 is 27.5. The lowest BCUT2D eigenvalue weighted by Crippen LogP contribution is -2.36. The van der Waals surface area contributed by atoms with Crippen molar-refractivity contribution < 1.29 is 13.2 Å². The topological polar surface area (TPSA) is 166 Å². The Morgan fingerprint density at radius 2 is 1.83 bits per heavy atom. The minimum absolute atomic E-state index is 0.00609. The number of hydrogen-bond donors (Lipinski definition) is 5. The molecule has 0 bridgehead atoms. The first-order valence-corrected chi connectivity index (χ1v) is 10.5. The average molecular weight is 419 g/mol. The van der Waals surface area contributed by atoms with E-state index in [9.17, 15) is 13.2 Å². The van der Waals surface area contributed by atoms with Gasteiger partial charge in [0.05, 0.1) is 16.6 Å². The van der Waals surface area contributed by atoms with Crippen molar-refractivity contribution in [3.63, 3.8) is 0 Å². The van der Waals surface area contributed by atoms with Gasteiger partial charge in [-0.05, 0) is 49.6 Å². The van der Waals surface area contributed by atoms with Crippen LogP contribution in [0.3, 0.4) is 0 Å². The second-order valence-electron chi connectivity index (χ2n) is 6.49. The first kappa shape index (κ1) is 22.2. The van der Waals surface area contributed by atoms with Gasteiger partial charge in [0.25, 0.3) is 10.0 Å². The van der Waals surface area contributed by atoms with Crippen molar-refractivity contribution in [3.05, 3.63) is 54.1 Å². The molecule has 29 heavy (non-hydrogen) atoms. The van der Waals surface area contributed by atoms with Gasteiger partial charge < -0.3 is 22.5 Å². The van der Waals surface area contributed by atoms with E-state index in [0.717, 1.165) is 5.56 Å². The summed E-state index contributed by atoms with van der Waals surface area (Å²) in [6.07, 6.45) is 0.963. The number of carbonyl (C=O) groups excluding carboxylic acids is 1. The van der Waals surface area contributed by atoms with E-state index in [4.69, 9.17) is 17.2 Å². The van der Waals surface area contributed by atoms with Crippen LogP contribution in [0.2, 0.25) is 0 Å². The molecular formula is C19H26N6O3S. The van der Waals surface area contributed by atoms with Crippen LogP contribution in [0.4, 0.5) is 11.4 Å². The zero-order chi connectivity index (χ0) is 21.4. The van der Waals surface area contributed by atoms with Gasteiger partial charge in [-0.25, -0.2) is 8.42 Å². The minimum Gasteiger partial charge on any atom is -0.370 e. The molecule has 0 aliphatic carbocycles. The molecule has 2 rings (SSSR count). The molecule has 10 heteroatoms. The Kier molecular flexibility index (Phi) is 7.57. The number of guanidine groups is 1. The summed E-state index contributed by atoms with van der Waals surface area (Å²) in [6.45, 7) is 2.19. The van der Waals surface area contributed by atoms with E-state index < -0.39 is 16.1 Å². The normalized spacial score (nSPS) is 12.1. The van der Waals surface area contributed by atoms with Crippen LogP contribution in [0.25, 0.3) is 0 Å². The molecule has 9 nitrogen and oxygen atoms in total. The van der Waals surface area contributed by atoms with Crippen LogP contribution in [0, 0.1) is 6.92 Å². The highest BCUT2D eigenvalue weighted by Gasteiger charge is 2.17. The van der Waals surface area contributed by atoms with Gasteiger partial charge >= 0.3 is 0 Å². The number of sulfonamides is 1. The molecule has 0 heterocycles. The number of rotatable bonds is 9. The number of aryl methyl sites for hydroxylation is 1. The first-order chi connectivity index (χ1) is 13.7. The van der Waals surface area contributed by atoms with E-state index >= 15 is 0 Å². The SMILES string of the molecule is Cc1ccc(NS(=O)(=O)c2ccccc2)cc1NC(=O)C(N)CCCN=C(N)N. The molecule has 0 aliphatic rings. The predicted octanol–water partition coefficient (Wildman–Crippen LogP) is 1.12. The molecule has 2 aromatic carbocycles. The molecule has 156 valence electrons. The van der Waals surface area contributed by atoms with Gasteiger partial charge in [0, 0.05) is 12.2 Å². The number of nitrogens with zero attached hydrogens (tertiary/aromatic N) is 1. The third-order valence-electron chi connectivity index (χ3n) is 4.11. The summed E-state index contributed by atoms with van der Waals surface area (Å²) in [4.78, 5) is 16.3. The Labute approximate surface area is 170 Å². The number of nitrogens with two attached hydrogens (primary N) is 3. The fourth-order valence-corrected chi connectivity index (χ4v) is 3.58. The Bertz CT molecular complexity index is 973. The number of benzene rings is 2. The largest absolute Gasteiger partial charge is 0.370 e. The first-order valence-electron chi connectivity index (χ1n) is 8.99. The van der Waals surface area contributed by atoms with Gasteiger partial charge in [-0.15, -0.1) is 0 Å². The molecule has 0 fully saturated rings. The maximum Gasteiger partial charge on any atom is 0.261 e. The molecular weight excluding hydrogens is 392 g/mol. The summed E-state index contributed by atoms with van der Waals surface area (Å²) in [5, 5.41) is 2.74. The summed E-state index contributed by atoms with van der Waals surface area (Å²) >= 11 is 0. The lowest BCUT2D eigenvalue weighted by molar-refractivity contribution is -0.117. The third-order valence-corrected chi connectivity index (χ3v) is 5.50. The molecule has 2 aromatic rings. The Balaban J connectivity index is 2.05. The van der Waals surface area contributed by atoms with Gasteiger partial charge in [0.1, 0.15) is 0 Å². The third kappa shape index (κ3) is 6.77. The van der Waals surface area contributed by atoms with Crippen LogP contribution in [0.15, 0.2) is 58.4 Å². The smallest absolute Gasteiger partial charge is 0.261 e. The van der Waals surface area contributed by atoms with Gasteiger partial charge in [-0.3, -0.25) is 14.5 Å². The molecule has 8 N–H and O–H groups in total. The molecule has 0 saturated carbocycles. The number of anilines is 2. The monoisotopic (exact) mass is 418 g/mol. The second-order valence-corrected chi connectivity index (χ2v) is 8.18. The molecule has 0 spiro atoms. The van der Waals surface area contributed by atoms with Crippen molar-refractivity contribution in [2.45, 2.75) is 30.7 Å². The maximum absolute atomic E-state index is 12.5. The quantitative estimate of drug-likeness (QED) is 0.232. The van der Waals surface area contributed by atoms with E-state index in [1.165, 1.54) is 12.1 Å². The Hall–Kier alpha value is -3.11. The molecule has 0 aromatic heterocycles. The number of amides is 1. The van der Waals surface area contributed by atoms with Gasteiger partial charge in [0.2, 0.25) is 5.91 Å². The van der Waals surface area contributed by atoms with Crippen molar-refractivity contribution >= 4 is 33.3 Å². The number of aliphatic imine (C=N–C) groups is 1. The van der Waals surface area contributed by atoms with Crippen LogP contribution < -0.4 is 27.2 Å². The molecule has 0 aliphatic heterocycles. The summed E-state index contributed by atoms with van der Waals surface area (Å²) in [5.41, 5.74) is 18.0. The zero-order valence-electron chi connectivity index (χ0n) is 16.1. The van der Waals surface area contributed by atoms with E-state index in [2.05, 4.69) is 15.0 Å². The van der Waals surface area contributed by atoms with Crippen molar-refractivity contribution in [1.82, 2.24) is 0 Å². The fourth-order valence-electron chi connectivity index (χ4n) is 2.51. The minimum atomic E-state index is -3.73. The molecule has 0 radical (unpaired) electrons. The van der Waals surface area contributed by atoms with Gasteiger partial charge in [-0.2, -0.15) is 0 Å². The second kappa shape index (κ2) is 9.89. The molecule has 1 amide bonds. The van der Waals surface area contributed by atoms with Gasteiger partial charge in [-0.1, -0.05) is 24.3 Å². The van der Waals surface area contributed by atoms with Crippen LogP contribution in [-0.4, -0.2) is 32.9 Å².